The van der Waals surface area contributed by atoms with Crippen LogP contribution in [0.2, 0.25) is 0 Å². The molecule has 0 saturated heterocycles. The molecular weight excluding hydrogens is 190 g/mol. The molecule has 0 aliphatic carbocycles. The van der Waals surface area contributed by atoms with Gasteiger partial charge < -0.3 is 5.32 Å². The lowest BCUT2D eigenvalue weighted by molar-refractivity contribution is 0.731. The second-order valence-corrected chi connectivity index (χ2v) is 4.27. The quantitative estimate of drug-likeness (QED) is 0.704. The minimum Gasteiger partial charge on any atom is -0.312 e. The molecule has 1 N–H and O–H groups in total. The Balaban J connectivity index is 0.000000461. The second-order valence-electron chi connectivity index (χ2n) is 3.14. The molecule has 1 aromatic carbocycles. The molecule has 0 amide bonds. The average molecular weight is 209 g/mol. The summed E-state index contributed by atoms with van der Waals surface area (Å²) < 4.78 is 0. The Morgan fingerprint density at radius 2 is 2.07 bits per heavy atom. The van der Waals surface area contributed by atoms with Crippen molar-refractivity contribution in [2.45, 2.75) is 32.2 Å². The fourth-order valence-electron chi connectivity index (χ4n) is 1.44. The highest BCUT2D eigenvalue weighted by Crippen LogP contribution is 2.25. The summed E-state index contributed by atoms with van der Waals surface area (Å²) in [6.45, 7) is 8.30. The molecule has 0 saturated carbocycles. The van der Waals surface area contributed by atoms with Crippen molar-refractivity contribution in [2.75, 3.05) is 12.3 Å². The number of aryl methyl sites for hydroxylation is 1. The molecule has 0 spiro atoms. The lowest BCUT2D eigenvalue weighted by Crippen LogP contribution is -2.13. The predicted octanol–water partition coefficient (Wildman–Crippen LogP) is 3.22. The summed E-state index contributed by atoms with van der Waals surface area (Å²) in [4.78, 5) is 1.45. The Morgan fingerprint density at radius 3 is 2.86 bits per heavy atom. The van der Waals surface area contributed by atoms with Crippen LogP contribution in [-0.4, -0.2) is 12.3 Å². The van der Waals surface area contributed by atoms with Gasteiger partial charge in [-0.3, -0.25) is 0 Å². The number of fused-ring (bicyclic) bond motifs is 1. The molecule has 0 radical (unpaired) electrons. The van der Waals surface area contributed by atoms with Gasteiger partial charge in [-0.05, 0) is 18.6 Å². The number of thioether (sulfide) groups is 1. The van der Waals surface area contributed by atoms with Crippen LogP contribution in [0.5, 0.6) is 0 Å². The van der Waals surface area contributed by atoms with Crippen molar-refractivity contribution in [1.82, 2.24) is 5.32 Å². The lowest BCUT2D eigenvalue weighted by atomic mass is 10.1. The summed E-state index contributed by atoms with van der Waals surface area (Å²) >= 11 is 1.96. The lowest BCUT2D eigenvalue weighted by Gasteiger charge is -2.04. The van der Waals surface area contributed by atoms with E-state index in [0.29, 0.717) is 0 Å². The number of hydrogen-bond acceptors (Lipinski definition) is 2. The highest BCUT2D eigenvalue weighted by molar-refractivity contribution is 7.99. The highest BCUT2D eigenvalue weighted by atomic mass is 32.2. The Hall–Kier alpha value is -0.470. The van der Waals surface area contributed by atoms with E-state index in [9.17, 15) is 0 Å². The topological polar surface area (TPSA) is 12.0 Å². The normalized spacial score (nSPS) is 14.8. The highest BCUT2D eigenvalue weighted by Gasteiger charge is 2.06. The third kappa shape index (κ3) is 3.03. The van der Waals surface area contributed by atoms with Gasteiger partial charge in [0, 0.05) is 23.7 Å². The molecule has 14 heavy (non-hydrogen) atoms. The summed E-state index contributed by atoms with van der Waals surface area (Å²) in [7, 11) is 0. The Kier molecular flexibility index (Phi) is 5.05. The largest absolute Gasteiger partial charge is 0.312 e. The first-order valence-corrected chi connectivity index (χ1v) is 6.28. The zero-order valence-electron chi connectivity index (χ0n) is 9.26. The van der Waals surface area contributed by atoms with Crippen molar-refractivity contribution in [3.05, 3.63) is 29.3 Å². The van der Waals surface area contributed by atoms with Crippen LogP contribution < -0.4 is 5.32 Å². The minimum atomic E-state index is 1.03. The van der Waals surface area contributed by atoms with Crippen molar-refractivity contribution >= 4 is 11.8 Å². The number of rotatable bonds is 0. The molecule has 0 fully saturated rings. The van der Waals surface area contributed by atoms with Crippen LogP contribution in [0.4, 0.5) is 0 Å². The number of hydrogen-bond donors (Lipinski definition) is 1. The summed E-state index contributed by atoms with van der Waals surface area (Å²) in [5.41, 5.74) is 2.82. The zero-order valence-corrected chi connectivity index (χ0v) is 10.1. The number of nitrogens with one attached hydrogen (secondary N) is 1. The van der Waals surface area contributed by atoms with Gasteiger partial charge in [-0.25, -0.2) is 0 Å². The van der Waals surface area contributed by atoms with Crippen LogP contribution in [0.3, 0.4) is 0 Å². The average Bonchev–Trinajstić information content (AvgIpc) is 2.45. The molecule has 1 nitrogen and oxygen atoms in total. The monoisotopic (exact) mass is 209 g/mol. The van der Waals surface area contributed by atoms with E-state index in [2.05, 4.69) is 30.4 Å². The van der Waals surface area contributed by atoms with E-state index in [1.807, 2.05) is 25.6 Å². The Labute approximate surface area is 91.3 Å². The molecule has 2 rings (SSSR count). The fraction of sp³-hybridized carbons (Fsp3) is 0.500. The molecule has 1 aliphatic rings. The van der Waals surface area contributed by atoms with Crippen LogP contribution >= 0.6 is 11.8 Å². The van der Waals surface area contributed by atoms with Gasteiger partial charge in [0.25, 0.3) is 0 Å². The number of benzene rings is 1. The maximum absolute atomic E-state index is 3.41. The molecule has 0 bridgehead atoms. The summed E-state index contributed by atoms with van der Waals surface area (Å²) in [5.74, 6) is 1.19. The summed E-state index contributed by atoms with van der Waals surface area (Å²) in [5, 5.41) is 3.41. The maximum Gasteiger partial charge on any atom is 0.0217 e. The van der Waals surface area contributed by atoms with Crippen LogP contribution in [0.1, 0.15) is 25.0 Å². The zero-order chi connectivity index (χ0) is 10.4. The first-order chi connectivity index (χ1) is 6.86. The van der Waals surface area contributed by atoms with E-state index in [-0.39, 0.29) is 0 Å². The fourth-order valence-corrected chi connectivity index (χ4v) is 2.39. The van der Waals surface area contributed by atoms with Gasteiger partial charge in [-0.1, -0.05) is 31.5 Å². The van der Waals surface area contributed by atoms with Gasteiger partial charge in [0.05, 0.1) is 0 Å². The van der Waals surface area contributed by atoms with Crippen LogP contribution in [0.25, 0.3) is 0 Å². The second kappa shape index (κ2) is 6.10. The van der Waals surface area contributed by atoms with Crippen molar-refractivity contribution in [1.29, 1.82) is 0 Å². The van der Waals surface area contributed by atoms with E-state index in [4.69, 9.17) is 0 Å². The van der Waals surface area contributed by atoms with Crippen LogP contribution in [0.15, 0.2) is 23.1 Å². The minimum absolute atomic E-state index is 1.03. The van der Waals surface area contributed by atoms with Gasteiger partial charge in [0.15, 0.2) is 0 Å². The third-order valence-corrected chi connectivity index (χ3v) is 3.19. The molecule has 1 heterocycles. The molecule has 1 aromatic rings. The predicted molar refractivity (Wildman–Crippen MR) is 65.0 cm³/mol. The van der Waals surface area contributed by atoms with Gasteiger partial charge in [-0.15, -0.1) is 11.8 Å². The molecule has 0 aromatic heterocycles. The van der Waals surface area contributed by atoms with Crippen molar-refractivity contribution < 1.29 is 0 Å². The first kappa shape index (κ1) is 11.6. The Morgan fingerprint density at radius 1 is 1.29 bits per heavy atom. The standard InChI is InChI=1S/C10H13NS.C2H6/c1-8-2-3-10-9(6-8)7-11-4-5-12-10;1-2/h2-3,6,11H,4-5,7H2,1H3;1-2H3. The SMILES string of the molecule is CC.Cc1ccc2c(c1)CNCCS2. The van der Waals surface area contributed by atoms with Crippen molar-refractivity contribution in [3.8, 4) is 0 Å². The summed E-state index contributed by atoms with van der Waals surface area (Å²) in [6.07, 6.45) is 0. The molecule has 0 atom stereocenters. The molecule has 78 valence electrons. The van der Waals surface area contributed by atoms with Crippen LogP contribution in [-0.2, 0) is 6.54 Å². The van der Waals surface area contributed by atoms with E-state index in [1.165, 1.54) is 21.8 Å². The Bertz CT molecular complexity index is 284. The van der Waals surface area contributed by atoms with E-state index in [0.717, 1.165) is 13.1 Å². The van der Waals surface area contributed by atoms with E-state index < -0.39 is 0 Å². The molecule has 2 heteroatoms. The maximum atomic E-state index is 3.41. The van der Waals surface area contributed by atoms with E-state index >= 15 is 0 Å². The van der Waals surface area contributed by atoms with Gasteiger partial charge in [0.2, 0.25) is 0 Å². The van der Waals surface area contributed by atoms with E-state index in [1.54, 1.807) is 0 Å². The van der Waals surface area contributed by atoms with Gasteiger partial charge in [0.1, 0.15) is 0 Å². The molecular formula is C12H19NS. The van der Waals surface area contributed by atoms with Crippen molar-refractivity contribution in [3.63, 3.8) is 0 Å². The van der Waals surface area contributed by atoms with Crippen molar-refractivity contribution in [2.24, 2.45) is 0 Å². The van der Waals surface area contributed by atoms with Gasteiger partial charge in [-0.2, -0.15) is 0 Å². The smallest absolute Gasteiger partial charge is 0.0217 e. The van der Waals surface area contributed by atoms with Gasteiger partial charge >= 0.3 is 0 Å². The summed E-state index contributed by atoms with van der Waals surface area (Å²) in [6, 6.07) is 6.71. The van der Waals surface area contributed by atoms with Crippen LogP contribution in [0, 0.1) is 6.92 Å². The molecule has 1 aliphatic heterocycles. The first-order valence-electron chi connectivity index (χ1n) is 5.29. The molecule has 0 unspecified atom stereocenters. The third-order valence-electron chi connectivity index (χ3n) is 2.07.